The number of nitrogens with zero attached hydrogens (tertiary/aromatic N) is 3. The molecule has 1 saturated heterocycles. The SMILES string of the molecule is Nc1cc(N2CCOC2=O)cc2cc(NC(=O)C3CC3)nnc12. The van der Waals surface area contributed by atoms with Crippen molar-refractivity contribution in [2.75, 3.05) is 29.1 Å². The molecule has 0 unspecified atom stereocenters. The topological polar surface area (TPSA) is 110 Å². The molecule has 1 aliphatic carbocycles. The first-order valence-electron chi connectivity index (χ1n) is 7.44. The van der Waals surface area contributed by atoms with Gasteiger partial charge in [-0.25, -0.2) is 4.79 Å². The summed E-state index contributed by atoms with van der Waals surface area (Å²) in [5, 5.41) is 11.5. The molecule has 2 fully saturated rings. The number of rotatable bonds is 3. The first-order valence-corrected chi connectivity index (χ1v) is 7.44. The third-order valence-electron chi connectivity index (χ3n) is 3.98. The summed E-state index contributed by atoms with van der Waals surface area (Å²) in [5.74, 6) is 0.434. The van der Waals surface area contributed by atoms with Gasteiger partial charge in [0, 0.05) is 17.0 Å². The summed E-state index contributed by atoms with van der Waals surface area (Å²) >= 11 is 0. The quantitative estimate of drug-likeness (QED) is 0.831. The molecule has 23 heavy (non-hydrogen) atoms. The molecular formula is C15H15N5O3. The average molecular weight is 313 g/mol. The zero-order valence-corrected chi connectivity index (χ0v) is 12.3. The van der Waals surface area contributed by atoms with E-state index in [2.05, 4.69) is 15.5 Å². The van der Waals surface area contributed by atoms with E-state index in [0.717, 1.165) is 12.8 Å². The van der Waals surface area contributed by atoms with E-state index in [0.29, 0.717) is 41.2 Å². The molecule has 1 aromatic heterocycles. The van der Waals surface area contributed by atoms with Crippen LogP contribution in [-0.2, 0) is 9.53 Å². The molecule has 3 N–H and O–H groups in total. The van der Waals surface area contributed by atoms with E-state index in [9.17, 15) is 9.59 Å². The van der Waals surface area contributed by atoms with Gasteiger partial charge in [0.25, 0.3) is 0 Å². The van der Waals surface area contributed by atoms with E-state index in [1.165, 1.54) is 4.90 Å². The Hall–Kier alpha value is -2.90. The molecule has 1 aromatic carbocycles. The number of nitrogens with two attached hydrogens (primary N) is 1. The molecule has 0 spiro atoms. The highest BCUT2D eigenvalue weighted by atomic mass is 16.6. The first-order chi connectivity index (χ1) is 11.1. The Bertz CT molecular complexity index is 818. The van der Waals surface area contributed by atoms with E-state index in [1.807, 2.05) is 0 Å². The number of hydrogen-bond acceptors (Lipinski definition) is 6. The Kier molecular flexibility index (Phi) is 3.03. The van der Waals surface area contributed by atoms with Gasteiger partial charge >= 0.3 is 6.09 Å². The Labute approximate surface area is 131 Å². The van der Waals surface area contributed by atoms with Crippen molar-refractivity contribution >= 4 is 40.1 Å². The Balaban J connectivity index is 1.70. The van der Waals surface area contributed by atoms with Gasteiger partial charge in [-0.1, -0.05) is 0 Å². The van der Waals surface area contributed by atoms with Gasteiger partial charge in [0.2, 0.25) is 5.91 Å². The van der Waals surface area contributed by atoms with Crippen molar-refractivity contribution in [2.45, 2.75) is 12.8 Å². The standard InChI is InChI=1S/C15H15N5O3/c16-11-7-10(20-3-4-23-15(20)22)5-9-6-12(18-19-13(9)11)17-14(21)8-1-2-8/h5-8H,1-4,16H2,(H,17,18,21). The van der Waals surface area contributed by atoms with Crippen molar-refractivity contribution in [3.8, 4) is 0 Å². The summed E-state index contributed by atoms with van der Waals surface area (Å²) in [4.78, 5) is 25.0. The van der Waals surface area contributed by atoms with Crippen molar-refractivity contribution in [1.82, 2.24) is 10.2 Å². The lowest BCUT2D eigenvalue weighted by molar-refractivity contribution is -0.117. The van der Waals surface area contributed by atoms with Crippen molar-refractivity contribution < 1.29 is 14.3 Å². The minimum Gasteiger partial charge on any atom is -0.447 e. The summed E-state index contributed by atoms with van der Waals surface area (Å²) in [6.07, 6.45) is 1.44. The molecule has 118 valence electrons. The Morgan fingerprint density at radius 2 is 2.13 bits per heavy atom. The molecule has 8 nitrogen and oxygen atoms in total. The fraction of sp³-hybridized carbons (Fsp3) is 0.333. The number of carbonyl (C=O) groups excluding carboxylic acids is 2. The summed E-state index contributed by atoms with van der Waals surface area (Å²) < 4.78 is 4.94. The van der Waals surface area contributed by atoms with Crippen LogP contribution < -0.4 is 16.0 Å². The van der Waals surface area contributed by atoms with Crippen molar-refractivity contribution in [3.63, 3.8) is 0 Å². The third-order valence-corrected chi connectivity index (χ3v) is 3.98. The lowest BCUT2D eigenvalue weighted by Crippen LogP contribution is -2.23. The monoisotopic (exact) mass is 313 g/mol. The third kappa shape index (κ3) is 2.52. The van der Waals surface area contributed by atoms with Crippen LogP contribution in [0.15, 0.2) is 18.2 Å². The summed E-state index contributed by atoms with van der Waals surface area (Å²) in [6.45, 7) is 0.835. The number of nitrogens with one attached hydrogen (secondary N) is 1. The maximum absolute atomic E-state index is 11.8. The van der Waals surface area contributed by atoms with Gasteiger partial charge in [-0.05, 0) is 31.0 Å². The number of fused-ring (bicyclic) bond motifs is 1. The fourth-order valence-corrected chi connectivity index (χ4v) is 2.59. The van der Waals surface area contributed by atoms with Crippen LogP contribution in [0.25, 0.3) is 10.9 Å². The van der Waals surface area contributed by atoms with Gasteiger partial charge in [0.05, 0.1) is 12.2 Å². The maximum Gasteiger partial charge on any atom is 0.414 e. The molecular weight excluding hydrogens is 298 g/mol. The first kappa shape index (κ1) is 13.7. The van der Waals surface area contributed by atoms with E-state index >= 15 is 0 Å². The minimum atomic E-state index is -0.395. The van der Waals surface area contributed by atoms with Gasteiger partial charge in [-0.15, -0.1) is 10.2 Å². The van der Waals surface area contributed by atoms with Crippen LogP contribution in [0.3, 0.4) is 0 Å². The van der Waals surface area contributed by atoms with Crippen LogP contribution >= 0.6 is 0 Å². The summed E-state index contributed by atoms with van der Waals surface area (Å²) in [5.41, 5.74) is 7.61. The summed E-state index contributed by atoms with van der Waals surface area (Å²) in [7, 11) is 0. The van der Waals surface area contributed by atoms with Crippen LogP contribution in [0.4, 0.5) is 22.0 Å². The molecule has 0 radical (unpaired) electrons. The number of nitrogen functional groups attached to an aromatic ring is 1. The number of amides is 2. The smallest absolute Gasteiger partial charge is 0.414 e. The van der Waals surface area contributed by atoms with Crippen LogP contribution in [-0.4, -0.2) is 35.3 Å². The highest BCUT2D eigenvalue weighted by Crippen LogP contribution is 2.31. The minimum absolute atomic E-state index is 0.0362. The molecule has 2 aliphatic rings. The molecule has 1 saturated carbocycles. The lowest BCUT2D eigenvalue weighted by Gasteiger charge is -2.14. The van der Waals surface area contributed by atoms with E-state index < -0.39 is 6.09 Å². The number of anilines is 3. The predicted octanol–water partition coefficient (Wildman–Crippen LogP) is 1.52. The van der Waals surface area contributed by atoms with Gasteiger partial charge < -0.3 is 15.8 Å². The van der Waals surface area contributed by atoms with Gasteiger partial charge in [-0.3, -0.25) is 9.69 Å². The summed E-state index contributed by atoms with van der Waals surface area (Å²) in [6, 6.07) is 5.18. The van der Waals surface area contributed by atoms with Crippen LogP contribution in [0.2, 0.25) is 0 Å². The Morgan fingerprint density at radius 3 is 2.83 bits per heavy atom. The zero-order chi connectivity index (χ0) is 16.0. The molecule has 2 heterocycles. The molecule has 1 aliphatic heterocycles. The molecule has 2 amide bonds. The molecule has 2 aromatic rings. The predicted molar refractivity (Wildman–Crippen MR) is 84.0 cm³/mol. The number of ether oxygens (including phenoxy) is 1. The van der Waals surface area contributed by atoms with Crippen molar-refractivity contribution in [3.05, 3.63) is 18.2 Å². The van der Waals surface area contributed by atoms with Gasteiger partial charge in [0.1, 0.15) is 12.1 Å². The number of cyclic esters (lactones) is 1. The molecule has 4 rings (SSSR count). The number of carbonyl (C=O) groups is 2. The van der Waals surface area contributed by atoms with Crippen LogP contribution in [0.1, 0.15) is 12.8 Å². The second kappa shape index (κ2) is 5.08. The highest BCUT2D eigenvalue weighted by Gasteiger charge is 2.30. The lowest BCUT2D eigenvalue weighted by atomic mass is 10.1. The van der Waals surface area contributed by atoms with Crippen LogP contribution in [0, 0.1) is 5.92 Å². The highest BCUT2D eigenvalue weighted by molar-refractivity contribution is 6.00. The largest absolute Gasteiger partial charge is 0.447 e. The second-order valence-electron chi connectivity index (χ2n) is 5.73. The molecule has 0 bridgehead atoms. The zero-order valence-electron chi connectivity index (χ0n) is 12.3. The van der Waals surface area contributed by atoms with E-state index in [4.69, 9.17) is 10.5 Å². The van der Waals surface area contributed by atoms with Crippen LogP contribution in [0.5, 0.6) is 0 Å². The number of hydrogen-bond donors (Lipinski definition) is 2. The van der Waals surface area contributed by atoms with E-state index in [-0.39, 0.29) is 11.8 Å². The van der Waals surface area contributed by atoms with Crippen molar-refractivity contribution in [2.24, 2.45) is 5.92 Å². The normalized spacial score (nSPS) is 17.4. The molecule has 0 atom stereocenters. The second-order valence-corrected chi connectivity index (χ2v) is 5.73. The maximum atomic E-state index is 11.8. The number of benzene rings is 1. The Morgan fingerprint density at radius 1 is 1.30 bits per heavy atom. The number of aromatic nitrogens is 2. The van der Waals surface area contributed by atoms with E-state index in [1.54, 1.807) is 18.2 Å². The average Bonchev–Trinajstić information content (AvgIpc) is 3.29. The van der Waals surface area contributed by atoms with Crippen molar-refractivity contribution in [1.29, 1.82) is 0 Å². The molecule has 8 heteroatoms. The fourth-order valence-electron chi connectivity index (χ4n) is 2.59. The van der Waals surface area contributed by atoms with Gasteiger partial charge in [0.15, 0.2) is 5.82 Å². The van der Waals surface area contributed by atoms with Gasteiger partial charge in [-0.2, -0.15) is 0 Å².